The largest absolute Gasteiger partial charge is 0.464 e. The highest BCUT2D eigenvalue weighted by atomic mass is 127. The molecule has 1 unspecified atom stereocenters. The summed E-state index contributed by atoms with van der Waals surface area (Å²) in [4.78, 5) is 21.7. The number of esters is 1. The van der Waals surface area contributed by atoms with Crippen LogP contribution in [0.5, 0.6) is 0 Å². The lowest BCUT2D eigenvalue weighted by atomic mass is 10.0. The standard InChI is InChI=1S/C12H22INO5/c1-2-3-4-5-10(7-19-13)6-18-12(16)9-17-8-11(14)15/h10H,2-9H2,1H3,(H2,14,15). The van der Waals surface area contributed by atoms with Crippen LogP contribution in [-0.4, -0.2) is 38.3 Å². The Kier molecular flexibility index (Phi) is 12.3. The highest BCUT2D eigenvalue weighted by Gasteiger charge is 2.12. The second-order valence-corrected chi connectivity index (χ2v) is 4.90. The molecule has 19 heavy (non-hydrogen) atoms. The number of amides is 1. The van der Waals surface area contributed by atoms with Gasteiger partial charge in [-0.1, -0.05) is 26.2 Å². The number of nitrogens with two attached hydrogens (primary N) is 1. The molecule has 1 amide bonds. The molecule has 0 radical (unpaired) electrons. The molecule has 0 aromatic carbocycles. The number of primary amides is 1. The molecule has 0 aliphatic heterocycles. The molecule has 0 spiro atoms. The lowest BCUT2D eigenvalue weighted by Gasteiger charge is -2.15. The minimum atomic E-state index is -0.608. The second-order valence-electron chi connectivity index (χ2n) is 4.28. The van der Waals surface area contributed by atoms with Crippen molar-refractivity contribution in [3.63, 3.8) is 0 Å². The average Bonchev–Trinajstić information content (AvgIpc) is 2.35. The molecule has 2 N–H and O–H groups in total. The van der Waals surface area contributed by atoms with Crippen molar-refractivity contribution < 1.29 is 22.1 Å². The molecule has 7 heteroatoms. The quantitative estimate of drug-likeness (QED) is 0.312. The summed E-state index contributed by atoms with van der Waals surface area (Å²) < 4.78 is 14.9. The number of carbonyl (C=O) groups excluding carboxylic acids is 2. The van der Waals surface area contributed by atoms with Crippen LogP contribution in [0, 0.1) is 5.92 Å². The van der Waals surface area contributed by atoms with Crippen molar-refractivity contribution in [2.45, 2.75) is 32.6 Å². The summed E-state index contributed by atoms with van der Waals surface area (Å²) in [5, 5.41) is 0. The first-order chi connectivity index (χ1) is 9.10. The molecule has 0 saturated heterocycles. The number of ether oxygens (including phenoxy) is 2. The molecule has 1 atom stereocenters. The predicted octanol–water partition coefficient (Wildman–Crippen LogP) is 1.59. The van der Waals surface area contributed by atoms with Crippen molar-refractivity contribution in [2.24, 2.45) is 11.7 Å². The van der Waals surface area contributed by atoms with E-state index >= 15 is 0 Å². The Hall–Kier alpha value is -0.410. The number of rotatable bonds is 12. The summed E-state index contributed by atoms with van der Waals surface area (Å²) in [6.07, 6.45) is 4.37. The maximum Gasteiger partial charge on any atom is 0.332 e. The first-order valence-corrected chi connectivity index (χ1v) is 7.23. The highest BCUT2D eigenvalue weighted by molar-refractivity contribution is 14.1. The van der Waals surface area contributed by atoms with E-state index in [0.29, 0.717) is 13.2 Å². The monoisotopic (exact) mass is 387 g/mol. The molecule has 0 aliphatic rings. The molecule has 0 aromatic rings. The smallest absolute Gasteiger partial charge is 0.332 e. The van der Waals surface area contributed by atoms with Crippen molar-refractivity contribution in [3.8, 4) is 0 Å². The number of halogens is 1. The van der Waals surface area contributed by atoms with Crippen LogP contribution in [0.1, 0.15) is 32.6 Å². The van der Waals surface area contributed by atoms with E-state index in [4.69, 9.17) is 18.3 Å². The average molecular weight is 387 g/mol. The van der Waals surface area contributed by atoms with Gasteiger partial charge in [-0.2, -0.15) is 0 Å². The molecule has 0 saturated carbocycles. The summed E-state index contributed by atoms with van der Waals surface area (Å²) in [6.45, 7) is 2.48. The zero-order valence-electron chi connectivity index (χ0n) is 11.2. The van der Waals surface area contributed by atoms with Gasteiger partial charge in [-0.05, 0) is 6.42 Å². The topological polar surface area (TPSA) is 87.8 Å². The summed E-state index contributed by atoms with van der Waals surface area (Å²) in [7, 11) is 0. The van der Waals surface area contributed by atoms with Crippen LogP contribution in [0.15, 0.2) is 0 Å². The van der Waals surface area contributed by atoms with Crippen LogP contribution in [0.2, 0.25) is 0 Å². The van der Waals surface area contributed by atoms with Crippen molar-refractivity contribution in [1.82, 2.24) is 0 Å². The minimum Gasteiger partial charge on any atom is -0.464 e. The third-order valence-electron chi connectivity index (χ3n) is 2.46. The van der Waals surface area contributed by atoms with E-state index in [-0.39, 0.29) is 19.1 Å². The van der Waals surface area contributed by atoms with E-state index in [1.165, 1.54) is 0 Å². The first kappa shape index (κ1) is 18.6. The van der Waals surface area contributed by atoms with Crippen LogP contribution in [0.25, 0.3) is 0 Å². The summed E-state index contributed by atoms with van der Waals surface area (Å²) in [6, 6.07) is 0. The molecule has 0 fully saturated rings. The predicted molar refractivity (Wildman–Crippen MR) is 78.6 cm³/mol. The number of hydrogen-bond acceptors (Lipinski definition) is 5. The van der Waals surface area contributed by atoms with Gasteiger partial charge in [-0.15, -0.1) is 0 Å². The van der Waals surface area contributed by atoms with E-state index in [9.17, 15) is 9.59 Å². The molecule has 6 nitrogen and oxygen atoms in total. The normalized spacial score (nSPS) is 12.1. The summed E-state index contributed by atoms with van der Waals surface area (Å²) in [5.41, 5.74) is 4.88. The van der Waals surface area contributed by atoms with Crippen molar-refractivity contribution >= 4 is 34.9 Å². The van der Waals surface area contributed by atoms with Gasteiger partial charge in [0.1, 0.15) is 36.2 Å². The van der Waals surface area contributed by atoms with Crippen LogP contribution in [0.4, 0.5) is 0 Å². The number of hydrogen-bond donors (Lipinski definition) is 1. The molecule has 0 aliphatic carbocycles. The fourth-order valence-corrected chi connectivity index (χ4v) is 1.98. The zero-order valence-corrected chi connectivity index (χ0v) is 13.4. The Bertz CT molecular complexity index is 263. The summed E-state index contributed by atoms with van der Waals surface area (Å²) in [5.74, 6) is -0.901. The Morgan fingerprint density at radius 3 is 2.53 bits per heavy atom. The van der Waals surface area contributed by atoms with E-state index < -0.39 is 11.9 Å². The first-order valence-electron chi connectivity index (χ1n) is 6.35. The van der Waals surface area contributed by atoms with E-state index in [2.05, 4.69) is 6.92 Å². The molecule has 112 valence electrons. The molecular weight excluding hydrogens is 365 g/mol. The fraction of sp³-hybridized carbons (Fsp3) is 0.833. The van der Waals surface area contributed by atoms with E-state index in [1.807, 2.05) is 23.0 Å². The second kappa shape index (κ2) is 12.6. The van der Waals surface area contributed by atoms with Gasteiger partial charge in [0.15, 0.2) is 0 Å². The molecule has 0 aromatic heterocycles. The molecular formula is C12H22INO5. The van der Waals surface area contributed by atoms with Gasteiger partial charge in [0.05, 0.1) is 13.2 Å². The van der Waals surface area contributed by atoms with Crippen LogP contribution >= 0.6 is 23.0 Å². The minimum absolute atomic E-state index is 0.198. The Balaban J connectivity index is 3.76. The van der Waals surface area contributed by atoms with Gasteiger partial charge in [-0.25, -0.2) is 4.79 Å². The third-order valence-corrected chi connectivity index (χ3v) is 2.82. The van der Waals surface area contributed by atoms with Gasteiger partial charge in [0, 0.05) is 5.92 Å². The zero-order chi connectivity index (χ0) is 14.5. The Labute approximate surface area is 128 Å². The number of unbranched alkanes of at least 4 members (excludes halogenated alkanes) is 2. The van der Waals surface area contributed by atoms with Gasteiger partial charge >= 0.3 is 5.97 Å². The van der Waals surface area contributed by atoms with Crippen LogP contribution < -0.4 is 5.73 Å². The number of carbonyl (C=O) groups is 2. The van der Waals surface area contributed by atoms with Crippen molar-refractivity contribution in [3.05, 3.63) is 0 Å². The lowest BCUT2D eigenvalue weighted by molar-refractivity contribution is -0.151. The summed E-state index contributed by atoms with van der Waals surface area (Å²) >= 11 is 1.83. The Morgan fingerprint density at radius 2 is 1.95 bits per heavy atom. The van der Waals surface area contributed by atoms with Crippen molar-refractivity contribution in [1.29, 1.82) is 0 Å². The Morgan fingerprint density at radius 1 is 1.21 bits per heavy atom. The third kappa shape index (κ3) is 12.4. The fourth-order valence-electron chi connectivity index (χ4n) is 1.47. The van der Waals surface area contributed by atoms with Gasteiger partial charge in [-0.3, -0.25) is 4.79 Å². The molecule has 0 bridgehead atoms. The van der Waals surface area contributed by atoms with Gasteiger partial charge in [0.25, 0.3) is 0 Å². The van der Waals surface area contributed by atoms with Gasteiger partial charge in [0.2, 0.25) is 5.91 Å². The highest BCUT2D eigenvalue weighted by Crippen LogP contribution is 2.12. The van der Waals surface area contributed by atoms with Gasteiger partial charge < -0.3 is 18.3 Å². The van der Waals surface area contributed by atoms with Crippen LogP contribution in [-0.2, 0) is 22.1 Å². The van der Waals surface area contributed by atoms with Crippen molar-refractivity contribution in [2.75, 3.05) is 26.4 Å². The molecule has 0 rings (SSSR count). The van der Waals surface area contributed by atoms with E-state index in [0.717, 1.165) is 25.7 Å². The van der Waals surface area contributed by atoms with E-state index in [1.54, 1.807) is 0 Å². The maximum atomic E-state index is 11.3. The van der Waals surface area contributed by atoms with Crippen LogP contribution in [0.3, 0.4) is 0 Å². The maximum absolute atomic E-state index is 11.3. The lowest BCUT2D eigenvalue weighted by Crippen LogP contribution is -2.24. The molecule has 0 heterocycles. The SMILES string of the molecule is CCCCCC(COI)COC(=O)COCC(N)=O.